The highest BCUT2D eigenvalue weighted by molar-refractivity contribution is 5.99. The van der Waals surface area contributed by atoms with Crippen LogP contribution in [-0.4, -0.2) is 76.2 Å². The zero-order valence-electron chi connectivity index (χ0n) is 22.1. The number of ether oxygens (including phenoxy) is 2. The van der Waals surface area contributed by atoms with Crippen molar-refractivity contribution in [2.75, 3.05) is 26.3 Å². The Labute approximate surface area is 224 Å². The van der Waals surface area contributed by atoms with Crippen molar-refractivity contribution >= 4 is 17.8 Å². The fourth-order valence-electron chi connectivity index (χ4n) is 6.71. The molecule has 2 fully saturated rings. The molecule has 38 heavy (non-hydrogen) atoms. The number of fused-ring (bicyclic) bond motifs is 2. The lowest BCUT2D eigenvalue weighted by Gasteiger charge is -2.38. The summed E-state index contributed by atoms with van der Waals surface area (Å²) in [6.07, 6.45) is 11.9. The predicted molar refractivity (Wildman–Crippen MR) is 141 cm³/mol. The topological polar surface area (TPSA) is 96.4 Å². The highest BCUT2D eigenvalue weighted by Gasteiger charge is 2.75. The van der Waals surface area contributed by atoms with Crippen LogP contribution in [0.2, 0.25) is 0 Å². The van der Waals surface area contributed by atoms with Crippen molar-refractivity contribution in [1.29, 1.82) is 0 Å². The van der Waals surface area contributed by atoms with Gasteiger partial charge in [0.05, 0.1) is 12.5 Å². The number of aliphatic hydroxyl groups is 1. The SMILES string of the molecule is CC[C@]12C=CCCOC(=O)[C@H]1[C@H]1C(=O)N(CCCCCCO)C3C(=O)N(Cc4ccccc4)CC=C[C@@]31O2. The number of carbonyl (C=O) groups is 3. The molecule has 8 nitrogen and oxygen atoms in total. The second-order valence-electron chi connectivity index (χ2n) is 10.8. The molecule has 1 aromatic rings. The Hall–Kier alpha value is -2.97. The van der Waals surface area contributed by atoms with Gasteiger partial charge < -0.3 is 24.4 Å². The Bertz CT molecular complexity index is 1100. The molecule has 1 unspecified atom stereocenters. The largest absolute Gasteiger partial charge is 0.465 e. The predicted octanol–water partition coefficient (Wildman–Crippen LogP) is 3.00. The van der Waals surface area contributed by atoms with Crippen LogP contribution in [0.15, 0.2) is 54.6 Å². The van der Waals surface area contributed by atoms with Crippen LogP contribution in [0.5, 0.6) is 0 Å². The minimum Gasteiger partial charge on any atom is -0.465 e. The van der Waals surface area contributed by atoms with Crippen molar-refractivity contribution in [1.82, 2.24) is 9.80 Å². The van der Waals surface area contributed by atoms with Crippen molar-refractivity contribution in [2.24, 2.45) is 11.8 Å². The van der Waals surface area contributed by atoms with Gasteiger partial charge in [-0.3, -0.25) is 14.4 Å². The van der Waals surface area contributed by atoms with Gasteiger partial charge in [-0.15, -0.1) is 0 Å². The van der Waals surface area contributed by atoms with Gasteiger partial charge in [0.25, 0.3) is 0 Å². The van der Waals surface area contributed by atoms with Crippen LogP contribution in [0.25, 0.3) is 0 Å². The number of unbranched alkanes of at least 4 members (excludes halogenated alkanes) is 3. The second-order valence-corrected chi connectivity index (χ2v) is 10.8. The monoisotopic (exact) mass is 522 g/mol. The summed E-state index contributed by atoms with van der Waals surface area (Å²) in [5.74, 6) is -2.47. The van der Waals surface area contributed by atoms with Crippen LogP contribution in [-0.2, 0) is 30.4 Å². The first-order valence-electron chi connectivity index (χ1n) is 13.9. The molecule has 2 amide bonds. The van der Waals surface area contributed by atoms with E-state index in [1.807, 2.05) is 61.6 Å². The maximum Gasteiger partial charge on any atom is 0.313 e. The summed E-state index contributed by atoms with van der Waals surface area (Å²) in [4.78, 5) is 45.4. The first kappa shape index (κ1) is 26.6. The normalized spacial score (nSPS) is 32.4. The average Bonchev–Trinajstić information content (AvgIpc) is 3.26. The van der Waals surface area contributed by atoms with Crippen LogP contribution in [0.4, 0.5) is 0 Å². The molecule has 4 aliphatic heterocycles. The van der Waals surface area contributed by atoms with Crippen LogP contribution in [0.1, 0.15) is 51.0 Å². The van der Waals surface area contributed by atoms with Crippen LogP contribution < -0.4 is 0 Å². The number of likely N-dealkylation sites (tertiary alicyclic amines) is 1. The molecule has 0 radical (unpaired) electrons. The molecule has 1 spiro atoms. The fourth-order valence-corrected chi connectivity index (χ4v) is 6.71. The van der Waals surface area contributed by atoms with E-state index in [1.54, 1.807) is 9.80 Å². The lowest BCUT2D eigenvalue weighted by Crippen LogP contribution is -2.56. The summed E-state index contributed by atoms with van der Waals surface area (Å²) >= 11 is 0. The maximum atomic E-state index is 14.3. The number of esters is 1. The molecule has 8 heteroatoms. The summed E-state index contributed by atoms with van der Waals surface area (Å²) in [6, 6.07) is 8.94. The molecule has 1 aromatic carbocycles. The zero-order chi connectivity index (χ0) is 26.8. The highest BCUT2D eigenvalue weighted by Crippen LogP contribution is 2.58. The molecule has 204 valence electrons. The molecule has 5 rings (SSSR count). The van der Waals surface area contributed by atoms with Gasteiger partial charge in [-0.2, -0.15) is 0 Å². The van der Waals surface area contributed by atoms with Gasteiger partial charge in [-0.05, 0) is 31.2 Å². The van der Waals surface area contributed by atoms with Gasteiger partial charge in [0.2, 0.25) is 11.8 Å². The summed E-state index contributed by atoms with van der Waals surface area (Å²) in [6.45, 7) is 3.56. The van der Waals surface area contributed by atoms with E-state index in [4.69, 9.17) is 14.6 Å². The number of amides is 2. The van der Waals surface area contributed by atoms with E-state index < -0.39 is 35.0 Å². The van der Waals surface area contributed by atoms with Crippen LogP contribution in [0.3, 0.4) is 0 Å². The molecule has 4 heterocycles. The van der Waals surface area contributed by atoms with Crippen molar-refractivity contribution in [3.05, 3.63) is 60.2 Å². The van der Waals surface area contributed by atoms with Gasteiger partial charge in [0, 0.05) is 26.2 Å². The molecule has 4 aliphatic rings. The number of aliphatic hydroxyl groups excluding tert-OH is 1. The van der Waals surface area contributed by atoms with E-state index in [1.165, 1.54) is 0 Å². The Kier molecular flexibility index (Phi) is 7.73. The minimum atomic E-state index is -1.25. The lowest BCUT2D eigenvalue weighted by atomic mass is 9.73. The van der Waals surface area contributed by atoms with E-state index in [0.717, 1.165) is 18.4 Å². The average molecular weight is 523 g/mol. The molecule has 0 aliphatic carbocycles. The molecule has 2 saturated heterocycles. The fraction of sp³-hybridized carbons (Fsp3) is 0.567. The lowest BCUT2D eigenvalue weighted by molar-refractivity contribution is -0.162. The summed E-state index contributed by atoms with van der Waals surface area (Å²) in [7, 11) is 0. The smallest absolute Gasteiger partial charge is 0.313 e. The third-order valence-corrected chi connectivity index (χ3v) is 8.51. The summed E-state index contributed by atoms with van der Waals surface area (Å²) in [5, 5.41) is 9.14. The van der Waals surface area contributed by atoms with Crippen molar-refractivity contribution < 1.29 is 29.0 Å². The van der Waals surface area contributed by atoms with Crippen LogP contribution >= 0.6 is 0 Å². The minimum absolute atomic E-state index is 0.137. The van der Waals surface area contributed by atoms with Crippen molar-refractivity contribution in [3.8, 4) is 0 Å². The number of hydrogen-bond acceptors (Lipinski definition) is 6. The third kappa shape index (κ3) is 4.47. The number of carbonyl (C=O) groups excluding carboxylic acids is 3. The zero-order valence-corrected chi connectivity index (χ0v) is 22.1. The highest BCUT2D eigenvalue weighted by atomic mass is 16.6. The molecule has 1 N–H and O–H groups in total. The van der Waals surface area contributed by atoms with Crippen LogP contribution in [0, 0.1) is 11.8 Å². The Morgan fingerprint density at radius 1 is 0.974 bits per heavy atom. The third-order valence-electron chi connectivity index (χ3n) is 8.51. The van der Waals surface area contributed by atoms with E-state index in [0.29, 0.717) is 45.3 Å². The standard InChI is InChI=1S/C30H38N2O6/c1-2-29-15-8-11-20-37-28(36)24(29)23-26(34)32(18-9-3-4-10-19-33)25-27(35)31(17-12-16-30(23,25)38-29)21-22-13-6-5-7-14-22/h5-8,12-16,23-25,33H,2-4,9-11,17-21H2,1H3/t23-,24+,25?,29-,30-/m0/s1. The summed E-state index contributed by atoms with van der Waals surface area (Å²) in [5.41, 5.74) is -1.26. The van der Waals surface area contributed by atoms with E-state index in [2.05, 4.69) is 0 Å². The van der Waals surface area contributed by atoms with Gasteiger partial charge in [-0.1, -0.05) is 74.4 Å². The van der Waals surface area contributed by atoms with Gasteiger partial charge in [0.15, 0.2) is 0 Å². The molecular formula is C30H38N2O6. The second kappa shape index (κ2) is 11.0. The number of hydrogen-bond donors (Lipinski definition) is 1. The first-order valence-corrected chi connectivity index (χ1v) is 13.9. The van der Waals surface area contributed by atoms with E-state index in [-0.39, 0.29) is 25.0 Å². The van der Waals surface area contributed by atoms with Gasteiger partial charge in [0.1, 0.15) is 23.2 Å². The summed E-state index contributed by atoms with van der Waals surface area (Å²) < 4.78 is 12.5. The Morgan fingerprint density at radius 2 is 1.76 bits per heavy atom. The van der Waals surface area contributed by atoms with E-state index in [9.17, 15) is 14.4 Å². The Morgan fingerprint density at radius 3 is 2.53 bits per heavy atom. The maximum absolute atomic E-state index is 14.3. The first-order chi connectivity index (χ1) is 18.5. The van der Waals surface area contributed by atoms with Gasteiger partial charge >= 0.3 is 5.97 Å². The van der Waals surface area contributed by atoms with Crippen molar-refractivity contribution in [3.63, 3.8) is 0 Å². The quantitative estimate of drug-likeness (QED) is 0.304. The molecular weight excluding hydrogens is 484 g/mol. The Balaban J connectivity index is 1.54. The molecule has 0 saturated carbocycles. The van der Waals surface area contributed by atoms with Crippen molar-refractivity contribution in [2.45, 2.75) is 69.2 Å². The number of nitrogens with zero attached hydrogens (tertiary/aromatic N) is 2. The molecule has 0 aromatic heterocycles. The molecule has 5 atom stereocenters. The van der Waals surface area contributed by atoms with E-state index >= 15 is 0 Å². The van der Waals surface area contributed by atoms with Gasteiger partial charge in [-0.25, -0.2) is 0 Å². The number of benzene rings is 1. The number of rotatable bonds is 9. The number of cyclic esters (lactones) is 1. The molecule has 0 bridgehead atoms.